The molecule has 0 aromatic heterocycles. The molecule has 1 amide bonds. The third kappa shape index (κ3) is 3.06. The van der Waals surface area contributed by atoms with Crippen molar-refractivity contribution >= 4 is 18.3 Å². The number of carbonyl (C=O) groups excluding carboxylic acids is 1. The van der Waals surface area contributed by atoms with Crippen LogP contribution in [0.5, 0.6) is 0 Å². The quantitative estimate of drug-likeness (QED) is 0.823. The lowest BCUT2D eigenvalue weighted by atomic mass is 9.84. The molecule has 0 radical (unpaired) electrons. The summed E-state index contributed by atoms with van der Waals surface area (Å²) >= 11 is 0. The molecule has 1 saturated heterocycles. The number of halogens is 1. The minimum atomic E-state index is 0. The molecule has 3 aliphatic rings. The number of fused-ring (bicyclic) bond motifs is 2. The Morgan fingerprint density at radius 1 is 1.26 bits per heavy atom. The average molecular weight is 289 g/mol. The maximum atomic E-state index is 12.3. The summed E-state index contributed by atoms with van der Waals surface area (Å²) in [5, 5.41) is 3.11. The molecule has 5 atom stereocenters. The van der Waals surface area contributed by atoms with Gasteiger partial charge < -0.3 is 15.8 Å². The van der Waals surface area contributed by atoms with E-state index in [0.29, 0.717) is 17.8 Å². The molecule has 2 aliphatic carbocycles. The normalized spacial score (nSPS) is 40.8. The Balaban J connectivity index is 0.00000133. The van der Waals surface area contributed by atoms with E-state index in [1.54, 1.807) is 0 Å². The highest BCUT2D eigenvalue weighted by atomic mass is 35.5. The average Bonchev–Trinajstić information content (AvgIpc) is 2.98. The van der Waals surface area contributed by atoms with Crippen LogP contribution < -0.4 is 11.1 Å². The lowest BCUT2D eigenvalue weighted by Crippen LogP contribution is -2.46. The van der Waals surface area contributed by atoms with Crippen molar-refractivity contribution in [2.75, 3.05) is 19.8 Å². The Kier molecular flexibility index (Phi) is 5.09. The lowest BCUT2D eigenvalue weighted by molar-refractivity contribution is -0.127. The number of amides is 1. The van der Waals surface area contributed by atoms with E-state index in [-0.39, 0.29) is 30.3 Å². The van der Waals surface area contributed by atoms with Crippen molar-refractivity contribution in [3.8, 4) is 0 Å². The largest absolute Gasteiger partial charge is 0.381 e. The summed E-state index contributed by atoms with van der Waals surface area (Å²) in [7, 11) is 0. The number of nitrogens with one attached hydrogen (secondary N) is 1. The summed E-state index contributed by atoms with van der Waals surface area (Å²) in [5.41, 5.74) is 6.19. The van der Waals surface area contributed by atoms with E-state index in [1.807, 2.05) is 0 Å². The number of hydrogen-bond donors (Lipinski definition) is 2. The van der Waals surface area contributed by atoms with Gasteiger partial charge >= 0.3 is 0 Å². The van der Waals surface area contributed by atoms with Gasteiger partial charge in [-0.25, -0.2) is 0 Å². The van der Waals surface area contributed by atoms with Crippen LogP contribution in [0.1, 0.15) is 32.1 Å². The number of hydrogen-bond acceptors (Lipinski definition) is 3. The van der Waals surface area contributed by atoms with Crippen LogP contribution in [0.2, 0.25) is 0 Å². The zero-order chi connectivity index (χ0) is 12.5. The molecular formula is C14H25ClN2O2. The van der Waals surface area contributed by atoms with Gasteiger partial charge in [-0.2, -0.15) is 0 Å². The second-order valence-corrected chi connectivity index (χ2v) is 6.26. The van der Waals surface area contributed by atoms with Gasteiger partial charge in [0.05, 0.1) is 12.5 Å². The first-order chi connectivity index (χ1) is 8.75. The minimum Gasteiger partial charge on any atom is -0.381 e. The fourth-order valence-corrected chi connectivity index (χ4v) is 4.06. The number of rotatable bonds is 3. The molecule has 3 N–H and O–H groups in total. The van der Waals surface area contributed by atoms with Crippen LogP contribution in [-0.4, -0.2) is 31.7 Å². The lowest BCUT2D eigenvalue weighted by Gasteiger charge is -2.28. The molecule has 4 nitrogen and oxygen atoms in total. The van der Waals surface area contributed by atoms with E-state index < -0.39 is 0 Å². The standard InChI is InChI=1S/C14H24N2O2.ClH/c15-13-11-4-3-10(6-11)12(13)14(17)16-7-9-2-1-5-18-8-9;/h9-13H,1-8,15H2,(H,16,17);1H. The number of carbonyl (C=O) groups is 1. The van der Waals surface area contributed by atoms with Gasteiger partial charge in [-0.05, 0) is 49.9 Å². The molecule has 0 aromatic rings. The van der Waals surface area contributed by atoms with Crippen LogP contribution >= 0.6 is 12.4 Å². The molecule has 1 heterocycles. The molecule has 0 aromatic carbocycles. The summed E-state index contributed by atoms with van der Waals surface area (Å²) < 4.78 is 5.43. The highest BCUT2D eigenvalue weighted by Gasteiger charge is 2.48. The Labute approximate surface area is 121 Å². The van der Waals surface area contributed by atoms with Crippen LogP contribution in [-0.2, 0) is 9.53 Å². The van der Waals surface area contributed by atoms with Gasteiger partial charge in [-0.3, -0.25) is 4.79 Å². The minimum absolute atomic E-state index is 0. The Morgan fingerprint density at radius 2 is 2.05 bits per heavy atom. The van der Waals surface area contributed by atoms with Crippen molar-refractivity contribution in [2.45, 2.75) is 38.1 Å². The highest BCUT2D eigenvalue weighted by molar-refractivity contribution is 5.85. The van der Waals surface area contributed by atoms with Gasteiger partial charge in [-0.1, -0.05) is 0 Å². The fourth-order valence-electron chi connectivity index (χ4n) is 4.06. The Hall–Kier alpha value is -0.320. The summed E-state index contributed by atoms with van der Waals surface area (Å²) in [6.45, 7) is 2.43. The third-order valence-corrected chi connectivity index (χ3v) is 5.10. The summed E-state index contributed by atoms with van der Waals surface area (Å²) in [6.07, 6.45) is 5.89. The summed E-state index contributed by atoms with van der Waals surface area (Å²) in [6, 6.07) is 0.103. The maximum Gasteiger partial charge on any atom is 0.224 e. The van der Waals surface area contributed by atoms with Crippen LogP contribution in [0, 0.1) is 23.7 Å². The molecule has 5 unspecified atom stereocenters. The first-order valence-electron chi connectivity index (χ1n) is 7.36. The van der Waals surface area contributed by atoms with Crippen LogP contribution in [0.3, 0.4) is 0 Å². The molecule has 1 aliphatic heterocycles. The van der Waals surface area contributed by atoms with E-state index in [2.05, 4.69) is 5.32 Å². The second kappa shape index (κ2) is 6.42. The molecule has 110 valence electrons. The predicted molar refractivity (Wildman–Crippen MR) is 76.1 cm³/mol. The van der Waals surface area contributed by atoms with E-state index >= 15 is 0 Å². The fraction of sp³-hybridized carbons (Fsp3) is 0.929. The highest BCUT2D eigenvalue weighted by Crippen LogP contribution is 2.47. The number of ether oxygens (including phenoxy) is 1. The van der Waals surface area contributed by atoms with E-state index in [9.17, 15) is 4.79 Å². The summed E-state index contributed by atoms with van der Waals surface area (Å²) in [5.74, 6) is 1.92. The zero-order valence-electron chi connectivity index (χ0n) is 11.3. The molecule has 3 rings (SSSR count). The van der Waals surface area contributed by atoms with Crippen LogP contribution in [0.25, 0.3) is 0 Å². The Morgan fingerprint density at radius 3 is 2.68 bits per heavy atom. The van der Waals surface area contributed by atoms with Gasteiger partial charge in [0.15, 0.2) is 0 Å². The van der Waals surface area contributed by atoms with Crippen LogP contribution in [0.4, 0.5) is 0 Å². The predicted octanol–water partition coefficient (Wildman–Crippen LogP) is 1.32. The third-order valence-electron chi connectivity index (χ3n) is 5.10. The summed E-state index contributed by atoms with van der Waals surface area (Å²) in [4.78, 5) is 12.3. The molecule has 5 heteroatoms. The van der Waals surface area contributed by atoms with Gasteiger partial charge in [0.2, 0.25) is 5.91 Å². The first-order valence-corrected chi connectivity index (χ1v) is 7.36. The molecule has 3 fully saturated rings. The number of nitrogens with two attached hydrogens (primary N) is 1. The van der Waals surface area contributed by atoms with Crippen molar-refractivity contribution in [3.63, 3.8) is 0 Å². The van der Waals surface area contributed by atoms with Crippen molar-refractivity contribution in [2.24, 2.45) is 29.4 Å². The Bertz CT molecular complexity index is 319. The molecule has 0 spiro atoms. The zero-order valence-corrected chi connectivity index (χ0v) is 12.2. The molecular weight excluding hydrogens is 264 g/mol. The van der Waals surface area contributed by atoms with Gasteiger partial charge in [0.25, 0.3) is 0 Å². The second-order valence-electron chi connectivity index (χ2n) is 6.26. The van der Waals surface area contributed by atoms with Gasteiger partial charge in [-0.15, -0.1) is 12.4 Å². The van der Waals surface area contributed by atoms with Crippen LogP contribution in [0.15, 0.2) is 0 Å². The molecule has 2 bridgehead atoms. The van der Waals surface area contributed by atoms with Crippen molar-refractivity contribution < 1.29 is 9.53 Å². The molecule has 19 heavy (non-hydrogen) atoms. The van der Waals surface area contributed by atoms with Crippen molar-refractivity contribution in [1.29, 1.82) is 0 Å². The smallest absolute Gasteiger partial charge is 0.224 e. The first kappa shape index (κ1) is 15.1. The van der Waals surface area contributed by atoms with Crippen molar-refractivity contribution in [3.05, 3.63) is 0 Å². The molecule has 2 saturated carbocycles. The topological polar surface area (TPSA) is 64.4 Å². The van der Waals surface area contributed by atoms with E-state index in [4.69, 9.17) is 10.5 Å². The van der Waals surface area contributed by atoms with E-state index in [1.165, 1.54) is 25.7 Å². The SMILES string of the molecule is Cl.NC1C2CCC(C2)C1C(=O)NCC1CCCOC1. The van der Waals surface area contributed by atoms with Gasteiger partial charge in [0.1, 0.15) is 0 Å². The van der Waals surface area contributed by atoms with E-state index in [0.717, 1.165) is 26.2 Å². The van der Waals surface area contributed by atoms with Crippen molar-refractivity contribution in [1.82, 2.24) is 5.32 Å². The van der Waals surface area contributed by atoms with Gasteiger partial charge in [0, 0.05) is 19.2 Å². The monoisotopic (exact) mass is 288 g/mol. The maximum absolute atomic E-state index is 12.3.